The SMILES string of the molecule is Cc1cccc(C2=CCCCCCC2)c1. The summed E-state index contributed by atoms with van der Waals surface area (Å²) in [5.74, 6) is 0. The molecule has 1 aromatic rings. The molecule has 0 saturated carbocycles. The van der Waals surface area contributed by atoms with Crippen LogP contribution < -0.4 is 0 Å². The van der Waals surface area contributed by atoms with Gasteiger partial charge >= 0.3 is 0 Å². The van der Waals surface area contributed by atoms with E-state index in [4.69, 9.17) is 0 Å². The molecule has 0 unspecified atom stereocenters. The highest BCUT2D eigenvalue weighted by Gasteiger charge is 2.04. The van der Waals surface area contributed by atoms with E-state index >= 15 is 0 Å². The third-order valence-corrected chi connectivity index (χ3v) is 3.18. The van der Waals surface area contributed by atoms with Crippen molar-refractivity contribution in [3.8, 4) is 0 Å². The van der Waals surface area contributed by atoms with Gasteiger partial charge in [-0.05, 0) is 43.7 Å². The smallest absolute Gasteiger partial charge is 0.0225 e. The van der Waals surface area contributed by atoms with Gasteiger partial charge in [0.2, 0.25) is 0 Å². The number of rotatable bonds is 1. The molecule has 1 aliphatic carbocycles. The third-order valence-electron chi connectivity index (χ3n) is 3.18. The highest BCUT2D eigenvalue weighted by Crippen LogP contribution is 2.25. The second kappa shape index (κ2) is 5.16. The van der Waals surface area contributed by atoms with E-state index in [1.165, 1.54) is 49.7 Å². The highest BCUT2D eigenvalue weighted by atomic mass is 14.1. The van der Waals surface area contributed by atoms with Gasteiger partial charge in [-0.1, -0.05) is 48.7 Å². The van der Waals surface area contributed by atoms with Gasteiger partial charge in [-0.15, -0.1) is 0 Å². The predicted molar refractivity (Wildman–Crippen MR) is 66.9 cm³/mol. The van der Waals surface area contributed by atoms with Crippen molar-refractivity contribution >= 4 is 5.57 Å². The summed E-state index contributed by atoms with van der Waals surface area (Å²) in [7, 11) is 0. The van der Waals surface area contributed by atoms with E-state index in [1.54, 1.807) is 5.57 Å². The molecule has 0 aromatic heterocycles. The lowest BCUT2D eigenvalue weighted by atomic mass is 9.94. The van der Waals surface area contributed by atoms with Gasteiger partial charge in [0.05, 0.1) is 0 Å². The molecule has 0 heteroatoms. The fraction of sp³-hybridized carbons (Fsp3) is 0.467. The molecule has 0 heterocycles. The normalized spacial score (nSPS) is 17.8. The molecule has 1 aromatic carbocycles. The topological polar surface area (TPSA) is 0 Å². The Morgan fingerprint density at radius 2 is 1.87 bits per heavy atom. The summed E-state index contributed by atoms with van der Waals surface area (Å²) in [5.41, 5.74) is 4.38. The first kappa shape index (κ1) is 10.5. The van der Waals surface area contributed by atoms with Crippen LogP contribution in [0.25, 0.3) is 5.57 Å². The zero-order valence-corrected chi connectivity index (χ0v) is 9.63. The first-order valence-electron chi connectivity index (χ1n) is 6.12. The van der Waals surface area contributed by atoms with Crippen LogP contribution in [0.2, 0.25) is 0 Å². The summed E-state index contributed by atoms with van der Waals surface area (Å²) in [6.07, 6.45) is 10.5. The lowest BCUT2D eigenvalue weighted by Gasteiger charge is -2.12. The van der Waals surface area contributed by atoms with E-state index in [9.17, 15) is 0 Å². The van der Waals surface area contributed by atoms with Crippen molar-refractivity contribution in [3.05, 3.63) is 41.5 Å². The zero-order chi connectivity index (χ0) is 10.5. The van der Waals surface area contributed by atoms with E-state index in [2.05, 4.69) is 37.3 Å². The number of hydrogen-bond donors (Lipinski definition) is 0. The van der Waals surface area contributed by atoms with E-state index in [-0.39, 0.29) is 0 Å². The fourth-order valence-corrected chi connectivity index (χ4v) is 2.30. The lowest BCUT2D eigenvalue weighted by molar-refractivity contribution is 0.643. The molecule has 0 atom stereocenters. The van der Waals surface area contributed by atoms with Crippen LogP contribution in [0.3, 0.4) is 0 Å². The van der Waals surface area contributed by atoms with Crippen LogP contribution in [0, 0.1) is 6.92 Å². The Morgan fingerprint density at radius 3 is 2.73 bits per heavy atom. The molecular weight excluding hydrogens is 180 g/mol. The monoisotopic (exact) mass is 200 g/mol. The quantitative estimate of drug-likeness (QED) is 0.614. The van der Waals surface area contributed by atoms with Gasteiger partial charge in [0.25, 0.3) is 0 Å². The van der Waals surface area contributed by atoms with Crippen molar-refractivity contribution in [2.24, 2.45) is 0 Å². The predicted octanol–water partition coefficient (Wildman–Crippen LogP) is 4.73. The van der Waals surface area contributed by atoms with E-state index in [1.807, 2.05) is 0 Å². The van der Waals surface area contributed by atoms with Crippen molar-refractivity contribution in [1.29, 1.82) is 0 Å². The average molecular weight is 200 g/mol. The summed E-state index contributed by atoms with van der Waals surface area (Å²) >= 11 is 0. The molecule has 0 nitrogen and oxygen atoms in total. The van der Waals surface area contributed by atoms with Gasteiger partial charge in [0, 0.05) is 0 Å². The maximum Gasteiger partial charge on any atom is -0.0225 e. The van der Waals surface area contributed by atoms with Crippen LogP contribution in [0.5, 0.6) is 0 Å². The van der Waals surface area contributed by atoms with E-state index in [0.29, 0.717) is 0 Å². The van der Waals surface area contributed by atoms with Crippen molar-refractivity contribution in [1.82, 2.24) is 0 Å². The summed E-state index contributed by atoms with van der Waals surface area (Å²) in [4.78, 5) is 0. The molecule has 0 bridgehead atoms. The summed E-state index contributed by atoms with van der Waals surface area (Å²) < 4.78 is 0. The Morgan fingerprint density at radius 1 is 1.00 bits per heavy atom. The van der Waals surface area contributed by atoms with Gasteiger partial charge in [0.15, 0.2) is 0 Å². The minimum atomic E-state index is 1.27. The lowest BCUT2D eigenvalue weighted by Crippen LogP contribution is -1.90. The van der Waals surface area contributed by atoms with Crippen molar-refractivity contribution in [2.45, 2.75) is 45.4 Å². The number of benzene rings is 1. The second-order valence-electron chi connectivity index (χ2n) is 4.55. The zero-order valence-electron chi connectivity index (χ0n) is 9.63. The first-order chi connectivity index (χ1) is 7.36. The molecule has 0 amide bonds. The van der Waals surface area contributed by atoms with Crippen LogP contribution in [0.1, 0.15) is 49.7 Å². The molecular formula is C15H20. The molecule has 0 N–H and O–H groups in total. The van der Waals surface area contributed by atoms with Crippen molar-refractivity contribution in [3.63, 3.8) is 0 Å². The van der Waals surface area contributed by atoms with Crippen LogP contribution in [0.4, 0.5) is 0 Å². The molecule has 80 valence electrons. The second-order valence-corrected chi connectivity index (χ2v) is 4.55. The van der Waals surface area contributed by atoms with E-state index in [0.717, 1.165) is 0 Å². The van der Waals surface area contributed by atoms with E-state index < -0.39 is 0 Å². The summed E-state index contributed by atoms with van der Waals surface area (Å²) in [5, 5.41) is 0. The molecule has 0 radical (unpaired) electrons. The molecule has 15 heavy (non-hydrogen) atoms. The van der Waals surface area contributed by atoms with Crippen molar-refractivity contribution < 1.29 is 0 Å². The molecule has 0 aliphatic heterocycles. The number of allylic oxidation sites excluding steroid dienone is 2. The third kappa shape index (κ3) is 2.95. The Kier molecular flexibility index (Phi) is 3.60. The Balaban J connectivity index is 2.20. The Labute approximate surface area is 93.0 Å². The maximum absolute atomic E-state index is 2.45. The Hall–Kier alpha value is -1.04. The highest BCUT2D eigenvalue weighted by molar-refractivity contribution is 5.66. The average Bonchev–Trinajstić information content (AvgIpc) is 2.16. The van der Waals surface area contributed by atoms with Crippen LogP contribution in [-0.4, -0.2) is 0 Å². The van der Waals surface area contributed by atoms with Gasteiger partial charge < -0.3 is 0 Å². The van der Waals surface area contributed by atoms with Gasteiger partial charge in [0.1, 0.15) is 0 Å². The summed E-state index contributed by atoms with van der Waals surface area (Å²) in [6.45, 7) is 2.17. The maximum atomic E-state index is 2.45. The minimum Gasteiger partial charge on any atom is -0.0807 e. The van der Waals surface area contributed by atoms with Gasteiger partial charge in [-0.3, -0.25) is 0 Å². The number of aryl methyl sites for hydroxylation is 1. The van der Waals surface area contributed by atoms with Crippen LogP contribution >= 0.6 is 0 Å². The molecule has 1 aliphatic rings. The first-order valence-corrected chi connectivity index (χ1v) is 6.12. The minimum absolute atomic E-state index is 1.27. The fourth-order valence-electron chi connectivity index (χ4n) is 2.30. The standard InChI is InChI=1S/C15H20/c1-13-8-7-11-15(12-13)14-9-5-3-2-4-6-10-14/h7-9,11-12H,2-6,10H2,1H3. The molecule has 2 rings (SSSR count). The van der Waals surface area contributed by atoms with Crippen molar-refractivity contribution in [2.75, 3.05) is 0 Å². The Bertz CT molecular complexity index is 347. The van der Waals surface area contributed by atoms with Gasteiger partial charge in [-0.2, -0.15) is 0 Å². The molecule has 0 fully saturated rings. The largest absolute Gasteiger partial charge is 0.0807 e. The van der Waals surface area contributed by atoms with Crippen LogP contribution in [0.15, 0.2) is 30.3 Å². The number of hydrogen-bond acceptors (Lipinski definition) is 0. The summed E-state index contributed by atoms with van der Waals surface area (Å²) in [6, 6.07) is 8.91. The molecule has 0 spiro atoms. The molecule has 0 saturated heterocycles. The van der Waals surface area contributed by atoms with Crippen LogP contribution in [-0.2, 0) is 0 Å². The van der Waals surface area contributed by atoms with Gasteiger partial charge in [-0.25, -0.2) is 0 Å².